The maximum Gasteiger partial charge on any atom is -0.172 e. The van der Waals surface area contributed by atoms with Crippen LogP contribution in [0.2, 0.25) is 0 Å². The molecule has 0 radical (unpaired) electrons. The maximum atomic E-state index is 3.65. The molecule has 3 aliphatic carbocycles. The van der Waals surface area contributed by atoms with Gasteiger partial charge in [0.05, 0.1) is 0 Å². The van der Waals surface area contributed by atoms with Crippen LogP contribution in [0.5, 0.6) is 0 Å². The molecule has 42 heavy (non-hydrogen) atoms. The van der Waals surface area contributed by atoms with Crippen molar-refractivity contribution in [3.05, 3.63) is 136 Å². The van der Waals surface area contributed by atoms with Gasteiger partial charge in [0.15, 0.2) is 0 Å². The SMILES string of the molecule is CC1=[C-]C(C)(C)c2cc3c(cc21)-c1cc2c(cc1C3)C(C)(C)C=C2C.C[C](=[Zr+2])c1ccc(C)cc1.[Cl-].[Cl-].c1cc[cH-]c1. The second-order valence-electron chi connectivity index (χ2n) is 12.7. The maximum absolute atomic E-state index is 3.65. The molecule has 3 aliphatic rings. The van der Waals surface area contributed by atoms with Gasteiger partial charge in [-0.1, -0.05) is 58.2 Å². The molecule has 0 saturated carbocycles. The Labute approximate surface area is 280 Å². The molecule has 0 nitrogen and oxygen atoms in total. The van der Waals surface area contributed by atoms with Gasteiger partial charge in [-0.2, -0.15) is 23.8 Å². The van der Waals surface area contributed by atoms with Crippen LogP contribution in [-0.2, 0) is 41.5 Å². The number of rotatable bonds is 1. The molecule has 0 bridgehead atoms. The summed E-state index contributed by atoms with van der Waals surface area (Å²) in [7, 11) is 0. The minimum Gasteiger partial charge on any atom is -1.00 e. The Kier molecular flexibility index (Phi) is 10.8. The van der Waals surface area contributed by atoms with Gasteiger partial charge in [0.1, 0.15) is 0 Å². The van der Waals surface area contributed by atoms with Gasteiger partial charge >= 0.3 is 76.7 Å². The van der Waals surface area contributed by atoms with Gasteiger partial charge < -0.3 is 24.8 Å². The molecule has 0 saturated heterocycles. The Hall–Kier alpha value is -2.18. The van der Waals surface area contributed by atoms with Crippen molar-refractivity contribution < 1.29 is 49.0 Å². The molecule has 4 aromatic carbocycles. The Morgan fingerprint density at radius 2 is 1.31 bits per heavy atom. The molecule has 0 aliphatic heterocycles. The largest absolute Gasteiger partial charge is 1.00 e. The van der Waals surface area contributed by atoms with Crippen LogP contribution < -0.4 is 24.8 Å². The number of halogens is 2. The van der Waals surface area contributed by atoms with Crippen LogP contribution in [0.4, 0.5) is 0 Å². The molecule has 0 aromatic heterocycles. The van der Waals surface area contributed by atoms with Crippen molar-refractivity contribution in [1.82, 2.24) is 0 Å². The zero-order chi connectivity index (χ0) is 28.8. The van der Waals surface area contributed by atoms with E-state index in [1.165, 1.54) is 94.2 Å². The molecule has 0 N–H and O–H groups in total. The molecular formula is C39H40Cl2Zr-2. The summed E-state index contributed by atoms with van der Waals surface area (Å²) >= 11 is 1.51. The molecule has 0 spiro atoms. The number of allylic oxidation sites excluding steroid dienone is 4. The van der Waals surface area contributed by atoms with E-state index >= 15 is 0 Å². The summed E-state index contributed by atoms with van der Waals surface area (Å²) in [5.74, 6) is 0. The van der Waals surface area contributed by atoms with Crippen LogP contribution in [0.3, 0.4) is 0 Å². The van der Waals surface area contributed by atoms with Crippen LogP contribution in [0.25, 0.3) is 22.3 Å². The summed E-state index contributed by atoms with van der Waals surface area (Å²) in [6.07, 6.45) is 7.13. The first kappa shape index (κ1) is 34.3. The van der Waals surface area contributed by atoms with E-state index < -0.39 is 0 Å². The van der Waals surface area contributed by atoms with Crippen LogP contribution in [0, 0.1) is 13.0 Å². The van der Waals surface area contributed by atoms with Gasteiger partial charge in [0, 0.05) is 5.41 Å². The van der Waals surface area contributed by atoms with E-state index in [9.17, 15) is 0 Å². The minimum absolute atomic E-state index is 0. The number of aryl methyl sites for hydroxylation is 1. The van der Waals surface area contributed by atoms with Gasteiger partial charge in [-0.15, -0.1) is 11.6 Å². The zero-order valence-electron chi connectivity index (χ0n) is 26.0. The number of benzene rings is 3. The molecule has 0 amide bonds. The fraction of sp³-hybridized carbons (Fsp3) is 0.282. The monoisotopic (exact) mass is 668 g/mol. The molecule has 4 aromatic rings. The van der Waals surface area contributed by atoms with Crippen molar-refractivity contribution in [2.45, 2.75) is 72.6 Å². The summed E-state index contributed by atoms with van der Waals surface area (Å²) in [4.78, 5) is 0. The van der Waals surface area contributed by atoms with Crippen molar-refractivity contribution in [2.24, 2.45) is 0 Å². The summed E-state index contributed by atoms with van der Waals surface area (Å²) in [5.41, 5.74) is 17.3. The van der Waals surface area contributed by atoms with Gasteiger partial charge in [-0.05, 0) is 58.4 Å². The normalized spacial score (nSPS) is 15.5. The van der Waals surface area contributed by atoms with E-state index in [0.29, 0.717) is 0 Å². The predicted octanol–water partition coefficient (Wildman–Crippen LogP) is 3.95. The van der Waals surface area contributed by atoms with E-state index in [4.69, 9.17) is 0 Å². The average molecular weight is 671 g/mol. The van der Waals surface area contributed by atoms with Crippen LogP contribution >= 0.6 is 0 Å². The molecule has 0 unspecified atom stereocenters. The first-order chi connectivity index (χ1) is 18.9. The molecular weight excluding hydrogens is 631 g/mol. The second-order valence-corrected chi connectivity index (χ2v) is 14.5. The van der Waals surface area contributed by atoms with Crippen molar-refractivity contribution in [2.75, 3.05) is 0 Å². The number of fused-ring (bicyclic) bond motifs is 5. The Morgan fingerprint density at radius 3 is 1.83 bits per heavy atom. The van der Waals surface area contributed by atoms with Gasteiger partial charge in [0.25, 0.3) is 0 Å². The fourth-order valence-electron chi connectivity index (χ4n) is 6.40. The molecule has 0 atom stereocenters. The van der Waals surface area contributed by atoms with E-state index in [1.54, 1.807) is 0 Å². The third-order valence-electron chi connectivity index (χ3n) is 8.47. The summed E-state index contributed by atoms with van der Waals surface area (Å²) < 4.78 is 1.46. The first-order valence-corrected chi connectivity index (χ1v) is 15.6. The molecule has 216 valence electrons. The standard InChI is InChI=1S/C25H25.C9H10.C5H5.2ClH.Zr/c1-14-12-24(3,4)22-8-16-7-17-9-23-19(15(2)13-25(23,5)6)11-21(17)20(16)10-18(14)22;1-3-9-6-4-8(2)5-7-9;1-2-4-5-3-1;;;/h8-12H,7H2,1-6H3;4-7H,1-2H3;1-5H;2*1H;/q-1;;-1;;;+2/p-2. The first-order valence-electron chi connectivity index (χ1n) is 14.3. The van der Waals surface area contributed by atoms with Gasteiger partial charge in [0.2, 0.25) is 0 Å². The molecule has 7 rings (SSSR count). The Bertz CT molecular complexity index is 1540. The Morgan fingerprint density at radius 1 is 0.762 bits per heavy atom. The van der Waals surface area contributed by atoms with Crippen molar-refractivity contribution in [3.8, 4) is 11.1 Å². The van der Waals surface area contributed by atoms with E-state index in [-0.39, 0.29) is 35.6 Å². The average Bonchev–Trinajstić information content (AvgIpc) is 3.66. The third-order valence-corrected chi connectivity index (χ3v) is 9.18. The van der Waals surface area contributed by atoms with Gasteiger partial charge in [-0.25, -0.2) is 17.7 Å². The fourth-order valence-corrected chi connectivity index (χ4v) is 6.81. The Balaban J connectivity index is 0.000000237. The minimum atomic E-state index is 0. The molecule has 0 fully saturated rings. The zero-order valence-corrected chi connectivity index (χ0v) is 30.0. The van der Waals surface area contributed by atoms with Crippen LogP contribution in [-0.4, -0.2) is 3.21 Å². The van der Waals surface area contributed by atoms with Crippen molar-refractivity contribution in [1.29, 1.82) is 0 Å². The quantitative estimate of drug-likeness (QED) is 0.237. The topological polar surface area (TPSA) is 0 Å². The van der Waals surface area contributed by atoms with E-state index in [2.05, 4.69) is 116 Å². The smallest absolute Gasteiger partial charge is 0.172 e. The summed E-state index contributed by atoms with van der Waals surface area (Å²) in [6, 6.07) is 28.5. The van der Waals surface area contributed by atoms with Gasteiger partial charge in [-0.3, -0.25) is 6.08 Å². The van der Waals surface area contributed by atoms with E-state index in [0.717, 1.165) is 6.42 Å². The number of hydrogen-bond acceptors (Lipinski definition) is 0. The summed E-state index contributed by atoms with van der Waals surface area (Å²) in [6.45, 7) is 18.0. The van der Waals surface area contributed by atoms with Crippen LogP contribution in [0.1, 0.15) is 93.0 Å². The second kappa shape index (κ2) is 13.2. The number of hydrogen-bond donors (Lipinski definition) is 0. The van der Waals surface area contributed by atoms with E-state index in [1.807, 2.05) is 30.3 Å². The van der Waals surface area contributed by atoms with Crippen molar-refractivity contribution >= 4 is 14.4 Å². The third kappa shape index (κ3) is 6.80. The molecule has 0 heterocycles. The van der Waals surface area contributed by atoms with Crippen molar-refractivity contribution in [3.63, 3.8) is 0 Å². The van der Waals surface area contributed by atoms with Crippen LogP contribution in [0.15, 0.2) is 84.9 Å². The predicted molar refractivity (Wildman–Crippen MR) is 170 cm³/mol. The summed E-state index contributed by atoms with van der Waals surface area (Å²) in [5, 5.41) is 0. The molecule has 3 heteroatoms.